The van der Waals surface area contributed by atoms with Crippen LogP contribution in [0.25, 0.3) is 0 Å². The molecular weight excluding hydrogens is 757 g/mol. The molecule has 6 nitrogen and oxygen atoms in total. The minimum atomic E-state index is -0.771. The van der Waals surface area contributed by atoms with Crippen LogP contribution in [0.3, 0.4) is 0 Å². The first kappa shape index (κ1) is 58.9. The largest absolute Gasteiger partial charge is 0.462 e. The third-order valence-electron chi connectivity index (χ3n) is 11.9. The van der Waals surface area contributed by atoms with Crippen LogP contribution in [0, 0.1) is 0 Å². The maximum absolute atomic E-state index is 12.8. The Morgan fingerprint density at radius 2 is 0.541 bits per heavy atom. The molecule has 0 aliphatic heterocycles. The molecule has 1 atom stereocenters. The maximum Gasteiger partial charge on any atom is 0.306 e. The zero-order valence-electron chi connectivity index (χ0n) is 40.9. The SMILES string of the molecule is CCCCCC/C=C\CCCCCCCC(=O)O[C@H](COC(=O)CCCCCCCCCCC/C=C\CCCCCCCC)COC(=O)CCCCCCCCCCCCC. The lowest BCUT2D eigenvalue weighted by Crippen LogP contribution is -2.30. The van der Waals surface area contributed by atoms with Gasteiger partial charge in [-0.25, -0.2) is 0 Å². The molecule has 0 aromatic rings. The number of ether oxygens (including phenoxy) is 3. The Balaban J connectivity index is 4.29. The molecule has 6 heteroatoms. The Morgan fingerprint density at radius 1 is 0.311 bits per heavy atom. The minimum absolute atomic E-state index is 0.0715. The number of unbranched alkanes of at least 4 members (excludes halogenated alkanes) is 34. The van der Waals surface area contributed by atoms with Crippen molar-refractivity contribution in [2.75, 3.05) is 13.2 Å². The van der Waals surface area contributed by atoms with E-state index in [-0.39, 0.29) is 31.1 Å². The van der Waals surface area contributed by atoms with Crippen LogP contribution in [0.15, 0.2) is 24.3 Å². The summed E-state index contributed by atoms with van der Waals surface area (Å²) in [4.78, 5) is 37.9. The van der Waals surface area contributed by atoms with Gasteiger partial charge in [-0.15, -0.1) is 0 Å². The van der Waals surface area contributed by atoms with E-state index in [1.54, 1.807) is 0 Å². The fourth-order valence-corrected chi connectivity index (χ4v) is 7.84. The molecule has 0 rings (SSSR count). The highest BCUT2D eigenvalue weighted by molar-refractivity contribution is 5.71. The van der Waals surface area contributed by atoms with Crippen LogP contribution in [-0.4, -0.2) is 37.2 Å². The average Bonchev–Trinajstić information content (AvgIpc) is 3.26. The molecule has 0 saturated carbocycles. The average molecular weight is 859 g/mol. The van der Waals surface area contributed by atoms with Crippen molar-refractivity contribution in [3.8, 4) is 0 Å². The van der Waals surface area contributed by atoms with Gasteiger partial charge >= 0.3 is 17.9 Å². The summed E-state index contributed by atoms with van der Waals surface area (Å²) in [6.45, 7) is 6.63. The van der Waals surface area contributed by atoms with Crippen molar-refractivity contribution in [2.45, 2.75) is 297 Å². The molecule has 0 amide bonds. The number of carbonyl (C=O) groups is 3. The standard InChI is InChI=1S/C55H102O6/c1-4-7-10-13-16-19-22-24-25-26-27-28-29-31-33-36-39-42-45-48-54(57)60-51-52(50-59-53(56)47-44-41-38-35-32-21-18-15-12-9-6-3)61-55(58)49-46-43-40-37-34-30-23-20-17-14-11-8-5-2/h20,23-25,52H,4-19,21-22,26-51H2,1-3H3/b23-20-,25-24-/t52-/m0/s1. The normalized spacial score (nSPS) is 12.1. The van der Waals surface area contributed by atoms with Crippen molar-refractivity contribution in [1.29, 1.82) is 0 Å². The smallest absolute Gasteiger partial charge is 0.306 e. The van der Waals surface area contributed by atoms with E-state index in [9.17, 15) is 14.4 Å². The third-order valence-corrected chi connectivity index (χ3v) is 11.9. The van der Waals surface area contributed by atoms with Gasteiger partial charge in [0.1, 0.15) is 13.2 Å². The fraction of sp³-hybridized carbons (Fsp3) is 0.873. The molecule has 0 fully saturated rings. The Bertz CT molecular complexity index is 989. The first-order valence-electron chi connectivity index (χ1n) is 26.8. The van der Waals surface area contributed by atoms with Gasteiger partial charge in [0.2, 0.25) is 0 Å². The van der Waals surface area contributed by atoms with E-state index in [1.807, 2.05) is 0 Å². The van der Waals surface area contributed by atoms with Gasteiger partial charge in [-0.1, -0.05) is 225 Å². The van der Waals surface area contributed by atoms with Crippen molar-refractivity contribution in [1.82, 2.24) is 0 Å². The minimum Gasteiger partial charge on any atom is -0.462 e. The second kappa shape index (κ2) is 50.5. The Hall–Kier alpha value is -2.11. The highest BCUT2D eigenvalue weighted by Gasteiger charge is 2.19. The second-order valence-corrected chi connectivity index (χ2v) is 18.1. The Kier molecular flexibility index (Phi) is 48.8. The number of hydrogen-bond donors (Lipinski definition) is 0. The van der Waals surface area contributed by atoms with E-state index >= 15 is 0 Å². The number of hydrogen-bond acceptors (Lipinski definition) is 6. The molecule has 61 heavy (non-hydrogen) atoms. The van der Waals surface area contributed by atoms with Crippen molar-refractivity contribution < 1.29 is 28.6 Å². The first-order chi connectivity index (χ1) is 30.0. The van der Waals surface area contributed by atoms with Gasteiger partial charge in [-0.2, -0.15) is 0 Å². The van der Waals surface area contributed by atoms with Crippen molar-refractivity contribution >= 4 is 17.9 Å². The van der Waals surface area contributed by atoms with Crippen LogP contribution in [0.2, 0.25) is 0 Å². The van der Waals surface area contributed by atoms with Crippen LogP contribution >= 0.6 is 0 Å². The number of carbonyl (C=O) groups excluding carboxylic acids is 3. The van der Waals surface area contributed by atoms with Crippen LogP contribution in [0.1, 0.15) is 290 Å². The summed E-state index contributed by atoms with van der Waals surface area (Å²) in [5, 5.41) is 0. The summed E-state index contributed by atoms with van der Waals surface area (Å²) in [6.07, 6.45) is 57.3. The molecule has 0 saturated heterocycles. The van der Waals surface area contributed by atoms with E-state index in [2.05, 4.69) is 45.1 Å². The topological polar surface area (TPSA) is 78.9 Å². The second-order valence-electron chi connectivity index (χ2n) is 18.1. The molecule has 0 N–H and O–H groups in total. The van der Waals surface area contributed by atoms with Gasteiger partial charge in [0.05, 0.1) is 0 Å². The molecule has 0 aromatic carbocycles. The summed E-state index contributed by atoms with van der Waals surface area (Å²) in [5.41, 5.74) is 0. The van der Waals surface area contributed by atoms with Gasteiger partial charge in [-0.3, -0.25) is 14.4 Å². The summed E-state index contributed by atoms with van der Waals surface area (Å²) in [7, 11) is 0. The van der Waals surface area contributed by atoms with E-state index in [0.29, 0.717) is 19.3 Å². The van der Waals surface area contributed by atoms with Gasteiger partial charge in [0.15, 0.2) is 6.10 Å². The van der Waals surface area contributed by atoms with Gasteiger partial charge in [0.25, 0.3) is 0 Å². The van der Waals surface area contributed by atoms with E-state index in [0.717, 1.165) is 64.2 Å². The summed E-state index contributed by atoms with van der Waals surface area (Å²) >= 11 is 0. The van der Waals surface area contributed by atoms with E-state index in [4.69, 9.17) is 14.2 Å². The lowest BCUT2D eigenvalue weighted by Gasteiger charge is -2.18. The Morgan fingerprint density at radius 3 is 0.836 bits per heavy atom. The summed E-state index contributed by atoms with van der Waals surface area (Å²) in [6, 6.07) is 0. The van der Waals surface area contributed by atoms with Gasteiger partial charge < -0.3 is 14.2 Å². The molecule has 0 radical (unpaired) electrons. The van der Waals surface area contributed by atoms with E-state index in [1.165, 1.54) is 186 Å². The van der Waals surface area contributed by atoms with Gasteiger partial charge in [0, 0.05) is 19.3 Å². The summed E-state index contributed by atoms with van der Waals surface area (Å²) < 4.78 is 16.8. The predicted octanol–water partition coefficient (Wildman–Crippen LogP) is 17.5. The van der Waals surface area contributed by atoms with Crippen molar-refractivity contribution in [3.63, 3.8) is 0 Å². The molecule has 0 aromatic heterocycles. The Labute approximate surface area is 379 Å². The summed E-state index contributed by atoms with van der Waals surface area (Å²) in [5.74, 6) is -0.870. The molecule has 0 unspecified atom stereocenters. The number of esters is 3. The van der Waals surface area contributed by atoms with Gasteiger partial charge in [-0.05, 0) is 70.6 Å². The first-order valence-corrected chi connectivity index (χ1v) is 26.8. The molecule has 0 spiro atoms. The quantitative estimate of drug-likeness (QED) is 0.0262. The lowest BCUT2D eigenvalue weighted by molar-refractivity contribution is -0.167. The predicted molar refractivity (Wildman–Crippen MR) is 261 cm³/mol. The fourth-order valence-electron chi connectivity index (χ4n) is 7.84. The molecular formula is C55H102O6. The molecule has 358 valence electrons. The maximum atomic E-state index is 12.8. The molecule has 0 heterocycles. The van der Waals surface area contributed by atoms with Crippen LogP contribution in [0.4, 0.5) is 0 Å². The zero-order valence-corrected chi connectivity index (χ0v) is 40.9. The number of rotatable bonds is 49. The van der Waals surface area contributed by atoms with Crippen LogP contribution < -0.4 is 0 Å². The molecule has 0 aliphatic carbocycles. The highest BCUT2D eigenvalue weighted by atomic mass is 16.6. The molecule has 0 aliphatic rings. The number of allylic oxidation sites excluding steroid dienone is 4. The third kappa shape index (κ3) is 48.8. The monoisotopic (exact) mass is 859 g/mol. The molecule has 0 bridgehead atoms. The van der Waals surface area contributed by atoms with Crippen molar-refractivity contribution in [3.05, 3.63) is 24.3 Å². The zero-order chi connectivity index (χ0) is 44.4. The van der Waals surface area contributed by atoms with Crippen LogP contribution in [0.5, 0.6) is 0 Å². The van der Waals surface area contributed by atoms with Crippen molar-refractivity contribution in [2.24, 2.45) is 0 Å². The lowest BCUT2D eigenvalue weighted by atomic mass is 10.1. The highest BCUT2D eigenvalue weighted by Crippen LogP contribution is 2.16. The van der Waals surface area contributed by atoms with E-state index < -0.39 is 6.10 Å². The van der Waals surface area contributed by atoms with Crippen LogP contribution in [-0.2, 0) is 28.6 Å².